The van der Waals surface area contributed by atoms with Gasteiger partial charge in [-0.05, 0) is 34.9 Å². The molecule has 0 aliphatic heterocycles. The highest BCUT2D eigenvalue weighted by Crippen LogP contribution is 2.22. The number of hydrogen-bond donors (Lipinski definition) is 0. The van der Waals surface area contributed by atoms with Gasteiger partial charge in [-0.2, -0.15) is 5.26 Å². The summed E-state index contributed by atoms with van der Waals surface area (Å²) in [6, 6.07) is 21.7. The molecule has 2 aromatic carbocycles. The number of benzene rings is 2. The van der Waals surface area contributed by atoms with E-state index in [1.807, 2.05) is 78.9 Å². The summed E-state index contributed by atoms with van der Waals surface area (Å²) in [6.07, 6.45) is 6.98. The molecule has 0 unspecified atom stereocenters. The van der Waals surface area contributed by atoms with E-state index in [2.05, 4.69) is 0 Å². The molecule has 0 saturated heterocycles. The molecule has 0 spiro atoms. The summed E-state index contributed by atoms with van der Waals surface area (Å²) in [5, 5.41) is 9.32. The maximum atomic E-state index is 8.73. The van der Waals surface area contributed by atoms with Crippen LogP contribution in [0.4, 0.5) is 0 Å². The van der Waals surface area contributed by atoms with Crippen LogP contribution in [0.25, 0.3) is 12.2 Å². The van der Waals surface area contributed by atoms with Gasteiger partial charge in [-0.15, -0.1) is 0 Å². The Hall–Kier alpha value is -2.56. The fourth-order valence-electron chi connectivity index (χ4n) is 1.83. The minimum absolute atomic E-state index is 0.594. The van der Waals surface area contributed by atoms with Gasteiger partial charge in [0.2, 0.25) is 0 Å². The smallest absolute Gasteiger partial charge is 0.0912 e. The maximum Gasteiger partial charge on any atom is 0.0912 e. The van der Waals surface area contributed by atoms with Crippen molar-refractivity contribution >= 4 is 23.8 Å². The van der Waals surface area contributed by atoms with Crippen LogP contribution in [0.15, 0.2) is 83.4 Å². The van der Waals surface area contributed by atoms with E-state index in [-0.39, 0.29) is 0 Å². The topological polar surface area (TPSA) is 23.8 Å². The second-order valence-electron chi connectivity index (χ2n) is 4.38. The largest absolute Gasteiger partial charge is 0.193 e. The third-order valence-corrected chi connectivity index (χ3v) is 3.16. The van der Waals surface area contributed by atoms with Crippen molar-refractivity contribution in [2.45, 2.75) is 0 Å². The standard InChI is InChI=1S/C19H14ClN/c20-19(15-17-10-5-2-6-11-17)18(12-7-13-21)14-16-8-3-1-4-9-16/h1-12,14-15H. The molecule has 0 aromatic heterocycles. The Balaban J connectivity index is 2.37. The third-order valence-electron chi connectivity index (χ3n) is 2.83. The molecule has 0 saturated carbocycles. The maximum absolute atomic E-state index is 8.73. The van der Waals surface area contributed by atoms with Crippen molar-refractivity contribution < 1.29 is 0 Å². The van der Waals surface area contributed by atoms with Crippen LogP contribution in [0.2, 0.25) is 0 Å². The van der Waals surface area contributed by atoms with Gasteiger partial charge in [-0.3, -0.25) is 0 Å². The number of allylic oxidation sites excluding steroid dienone is 4. The molecule has 0 N–H and O–H groups in total. The molecule has 0 amide bonds. The lowest BCUT2D eigenvalue weighted by Gasteiger charge is -2.02. The highest BCUT2D eigenvalue weighted by atomic mass is 35.5. The first kappa shape index (κ1) is 14.8. The van der Waals surface area contributed by atoms with E-state index in [0.717, 1.165) is 16.7 Å². The highest BCUT2D eigenvalue weighted by Gasteiger charge is 2.00. The lowest BCUT2D eigenvalue weighted by atomic mass is 10.1. The number of halogens is 1. The Labute approximate surface area is 130 Å². The Morgan fingerprint density at radius 2 is 1.38 bits per heavy atom. The van der Waals surface area contributed by atoms with Crippen LogP contribution < -0.4 is 0 Å². The Morgan fingerprint density at radius 1 is 0.857 bits per heavy atom. The van der Waals surface area contributed by atoms with Gasteiger partial charge in [0.25, 0.3) is 0 Å². The Bertz CT molecular complexity index is 704. The van der Waals surface area contributed by atoms with E-state index in [4.69, 9.17) is 16.9 Å². The van der Waals surface area contributed by atoms with Crippen LogP contribution in [-0.2, 0) is 0 Å². The first-order valence-electron chi connectivity index (χ1n) is 6.55. The molecule has 0 bridgehead atoms. The van der Waals surface area contributed by atoms with Crippen LogP contribution in [0.5, 0.6) is 0 Å². The lowest BCUT2D eigenvalue weighted by molar-refractivity contribution is 1.53. The quantitative estimate of drug-likeness (QED) is 0.544. The molecular weight excluding hydrogens is 278 g/mol. The van der Waals surface area contributed by atoms with Crippen molar-refractivity contribution in [1.29, 1.82) is 5.26 Å². The third kappa shape index (κ3) is 4.80. The van der Waals surface area contributed by atoms with E-state index >= 15 is 0 Å². The summed E-state index contributed by atoms with van der Waals surface area (Å²) in [5.74, 6) is 0. The zero-order chi connectivity index (χ0) is 14.9. The number of hydrogen-bond acceptors (Lipinski definition) is 1. The predicted molar refractivity (Wildman–Crippen MR) is 89.4 cm³/mol. The fourth-order valence-corrected chi connectivity index (χ4v) is 2.07. The van der Waals surface area contributed by atoms with Crippen LogP contribution in [0.1, 0.15) is 11.1 Å². The normalized spacial score (nSPS) is 12.4. The summed E-state index contributed by atoms with van der Waals surface area (Å²) >= 11 is 6.40. The van der Waals surface area contributed by atoms with Gasteiger partial charge in [0, 0.05) is 11.1 Å². The summed E-state index contributed by atoms with van der Waals surface area (Å²) < 4.78 is 0. The number of nitriles is 1. The van der Waals surface area contributed by atoms with Crippen molar-refractivity contribution in [2.24, 2.45) is 0 Å². The SMILES string of the molecule is N#CC=CC(=Cc1ccccc1)C(Cl)=Cc1ccccc1. The zero-order valence-corrected chi connectivity index (χ0v) is 12.2. The molecule has 0 aliphatic carbocycles. The number of nitrogens with zero attached hydrogens (tertiary/aromatic N) is 1. The fraction of sp³-hybridized carbons (Fsp3) is 0. The molecule has 0 fully saturated rings. The van der Waals surface area contributed by atoms with Crippen molar-refractivity contribution in [3.05, 3.63) is 94.5 Å². The minimum Gasteiger partial charge on any atom is -0.193 e. The monoisotopic (exact) mass is 291 g/mol. The molecule has 2 heteroatoms. The van der Waals surface area contributed by atoms with Crippen LogP contribution in [0.3, 0.4) is 0 Å². The molecule has 21 heavy (non-hydrogen) atoms. The summed E-state index contributed by atoms with van der Waals surface area (Å²) in [6.45, 7) is 0. The Morgan fingerprint density at radius 3 is 1.90 bits per heavy atom. The van der Waals surface area contributed by atoms with Crippen LogP contribution in [-0.4, -0.2) is 0 Å². The van der Waals surface area contributed by atoms with Gasteiger partial charge in [-0.25, -0.2) is 0 Å². The van der Waals surface area contributed by atoms with Gasteiger partial charge in [0.15, 0.2) is 0 Å². The van der Waals surface area contributed by atoms with Crippen LogP contribution in [0, 0.1) is 11.3 Å². The summed E-state index contributed by atoms with van der Waals surface area (Å²) in [7, 11) is 0. The summed E-state index contributed by atoms with van der Waals surface area (Å²) in [5.41, 5.74) is 2.86. The second-order valence-corrected chi connectivity index (χ2v) is 4.78. The summed E-state index contributed by atoms with van der Waals surface area (Å²) in [4.78, 5) is 0. The molecule has 2 aromatic rings. The van der Waals surface area contributed by atoms with E-state index in [1.165, 1.54) is 6.08 Å². The molecule has 2 rings (SSSR count). The van der Waals surface area contributed by atoms with E-state index in [1.54, 1.807) is 6.08 Å². The van der Waals surface area contributed by atoms with Gasteiger partial charge in [0.1, 0.15) is 0 Å². The van der Waals surface area contributed by atoms with Crippen molar-refractivity contribution in [3.8, 4) is 6.07 Å². The average Bonchev–Trinajstić information content (AvgIpc) is 2.53. The Kier molecular flexibility index (Phi) is 5.58. The molecule has 102 valence electrons. The average molecular weight is 292 g/mol. The van der Waals surface area contributed by atoms with Gasteiger partial charge >= 0.3 is 0 Å². The van der Waals surface area contributed by atoms with Crippen LogP contribution >= 0.6 is 11.6 Å². The highest BCUT2D eigenvalue weighted by molar-refractivity contribution is 6.34. The molecule has 0 aliphatic rings. The zero-order valence-electron chi connectivity index (χ0n) is 11.4. The predicted octanol–water partition coefficient (Wildman–Crippen LogP) is 5.43. The van der Waals surface area contributed by atoms with E-state index < -0.39 is 0 Å². The number of rotatable bonds is 4. The van der Waals surface area contributed by atoms with Crippen molar-refractivity contribution in [2.75, 3.05) is 0 Å². The molecule has 0 atom stereocenters. The molecular formula is C19H14ClN. The van der Waals surface area contributed by atoms with Gasteiger partial charge in [0.05, 0.1) is 6.07 Å². The lowest BCUT2D eigenvalue weighted by Crippen LogP contribution is -1.81. The van der Waals surface area contributed by atoms with Gasteiger partial charge < -0.3 is 0 Å². The molecule has 0 radical (unpaired) electrons. The first-order chi connectivity index (χ1) is 10.3. The second kappa shape index (κ2) is 7.89. The minimum atomic E-state index is 0.594. The molecule has 0 heterocycles. The van der Waals surface area contributed by atoms with Crippen molar-refractivity contribution in [3.63, 3.8) is 0 Å². The van der Waals surface area contributed by atoms with E-state index in [9.17, 15) is 0 Å². The first-order valence-corrected chi connectivity index (χ1v) is 6.93. The van der Waals surface area contributed by atoms with Gasteiger partial charge in [-0.1, -0.05) is 72.3 Å². The van der Waals surface area contributed by atoms with Crippen molar-refractivity contribution in [1.82, 2.24) is 0 Å². The molecule has 1 nitrogen and oxygen atoms in total. The van der Waals surface area contributed by atoms with E-state index in [0.29, 0.717) is 5.03 Å².